The van der Waals surface area contributed by atoms with Gasteiger partial charge in [0.25, 0.3) is 0 Å². The molecule has 1 atom stereocenters. The highest BCUT2D eigenvalue weighted by Crippen LogP contribution is 2.19. The lowest BCUT2D eigenvalue weighted by Gasteiger charge is -2.17. The molecule has 1 aromatic carbocycles. The summed E-state index contributed by atoms with van der Waals surface area (Å²) in [5, 5.41) is 3.49. The first kappa shape index (κ1) is 12.8. The molecule has 0 spiro atoms. The van der Waals surface area contributed by atoms with Crippen LogP contribution in [0.5, 0.6) is 0 Å². The van der Waals surface area contributed by atoms with E-state index in [-0.39, 0.29) is 0 Å². The summed E-state index contributed by atoms with van der Waals surface area (Å²) in [5.74, 6) is 2.75. The minimum absolute atomic E-state index is 0.296. The molecule has 0 heterocycles. The Hall–Kier alpha value is -1.26. The summed E-state index contributed by atoms with van der Waals surface area (Å²) in [6, 6.07) is 6.87. The van der Waals surface area contributed by atoms with Crippen LogP contribution >= 0.6 is 0 Å². The SMILES string of the molecule is C#CCC(NCCC)c1ccc(C)c(C)c1. The average molecular weight is 215 g/mol. The molecule has 1 rings (SSSR count). The predicted octanol–water partition coefficient (Wildman–Crippen LogP) is 3.37. The van der Waals surface area contributed by atoms with Crippen LogP contribution in [0.1, 0.15) is 42.5 Å². The van der Waals surface area contributed by atoms with Crippen molar-refractivity contribution in [2.45, 2.75) is 39.7 Å². The van der Waals surface area contributed by atoms with Gasteiger partial charge in [-0.3, -0.25) is 0 Å². The fourth-order valence-electron chi connectivity index (χ4n) is 1.73. The molecule has 86 valence electrons. The number of aryl methyl sites for hydroxylation is 2. The average Bonchev–Trinajstić information content (AvgIpc) is 2.28. The van der Waals surface area contributed by atoms with Crippen molar-refractivity contribution in [3.05, 3.63) is 34.9 Å². The van der Waals surface area contributed by atoms with E-state index in [1.54, 1.807) is 0 Å². The van der Waals surface area contributed by atoms with Crippen LogP contribution in [0.2, 0.25) is 0 Å². The van der Waals surface area contributed by atoms with Crippen molar-refractivity contribution in [2.75, 3.05) is 6.54 Å². The number of nitrogens with one attached hydrogen (secondary N) is 1. The molecule has 0 aliphatic rings. The lowest BCUT2D eigenvalue weighted by Crippen LogP contribution is -2.21. The quantitative estimate of drug-likeness (QED) is 0.743. The Morgan fingerprint density at radius 3 is 2.62 bits per heavy atom. The molecule has 1 heteroatoms. The topological polar surface area (TPSA) is 12.0 Å². The minimum Gasteiger partial charge on any atom is -0.309 e. The van der Waals surface area contributed by atoms with E-state index in [0.29, 0.717) is 6.04 Å². The smallest absolute Gasteiger partial charge is 0.0430 e. The zero-order valence-corrected chi connectivity index (χ0v) is 10.5. The zero-order valence-electron chi connectivity index (χ0n) is 10.5. The van der Waals surface area contributed by atoms with Gasteiger partial charge in [0.15, 0.2) is 0 Å². The summed E-state index contributed by atoms with van der Waals surface area (Å²) in [7, 11) is 0. The highest BCUT2D eigenvalue weighted by Gasteiger charge is 2.09. The zero-order chi connectivity index (χ0) is 12.0. The molecule has 16 heavy (non-hydrogen) atoms. The van der Waals surface area contributed by atoms with Crippen LogP contribution in [0.4, 0.5) is 0 Å². The third-order valence-corrected chi connectivity index (χ3v) is 2.90. The van der Waals surface area contributed by atoms with Gasteiger partial charge in [-0.25, -0.2) is 0 Å². The summed E-state index contributed by atoms with van der Waals surface area (Å²) in [6.45, 7) is 7.46. The van der Waals surface area contributed by atoms with E-state index >= 15 is 0 Å². The highest BCUT2D eigenvalue weighted by atomic mass is 14.9. The molecule has 0 aliphatic heterocycles. The molecule has 1 aromatic rings. The standard InChI is InChI=1S/C15H21N/c1-5-7-15(16-10-6-2)14-9-8-12(3)13(4)11-14/h1,8-9,11,15-16H,6-7,10H2,2-4H3. The Morgan fingerprint density at radius 2 is 2.06 bits per heavy atom. The number of hydrogen-bond acceptors (Lipinski definition) is 1. The van der Waals surface area contributed by atoms with Crippen LogP contribution in [0.3, 0.4) is 0 Å². The largest absolute Gasteiger partial charge is 0.309 e. The molecule has 0 radical (unpaired) electrons. The van der Waals surface area contributed by atoms with Gasteiger partial charge < -0.3 is 5.32 Å². The van der Waals surface area contributed by atoms with Crippen molar-refractivity contribution in [3.8, 4) is 12.3 Å². The summed E-state index contributed by atoms with van der Waals surface area (Å²) >= 11 is 0. The fraction of sp³-hybridized carbons (Fsp3) is 0.467. The first-order valence-electron chi connectivity index (χ1n) is 5.93. The summed E-state index contributed by atoms with van der Waals surface area (Å²) in [6.07, 6.45) is 7.30. The predicted molar refractivity (Wildman–Crippen MR) is 70.4 cm³/mol. The number of rotatable bonds is 5. The second-order valence-corrected chi connectivity index (χ2v) is 4.26. The van der Waals surface area contributed by atoms with Gasteiger partial charge in [-0.1, -0.05) is 25.1 Å². The molecular formula is C15H21N. The molecule has 0 aliphatic carbocycles. The van der Waals surface area contributed by atoms with Gasteiger partial charge in [0.2, 0.25) is 0 Å². The number of hydrogen-bond donors (Lipinski definition) is 1. The molecule has 0 bridgehead atoms. The minimum atomic E-state index is 0.296. The van der Waals surface area contributed by atoms with E-state index in [9.17, 15) is 0 Å². The van der Waals surface area contributed by atoms with Crippen molar-refractivity contribution in [2.24, 2.45) is 0 Å². The number of benzene rings is 1. The van der Waals surface area contributed by atoms with E-state index in [4.69, 9.17) is 6.42 Å². The van der Waals surface area contributed by atoms with Crippen LogP contribution in [0, 0.1) is 26.2 Å². The third kappa shape index (κ3) is 3.40. The van der Waals surface area contributed by atoms with E-state index in [1.165, 1.54) is 16.7 Å². The van der Waals surface area contributed by atoms with Crippen LogP contribution in [0.25, 0.3) is 0 Å². The maximum atomic E-state index is 5.42. The lowest BCUT2D eigenvalue weighted by atomic mass is 9.99. The second kappa shape index (κ2) is 6.35. The van der Waals surface area contributed by atoms with E-state index in [2.05, 4.69) is 50.2 Å². The Kier molecular flexibility index (Phi) is 5.08. The molecule has 0 saturated heterocycles. The molecule has 0 fully saturated rings. The van der Waals surface area contributed by atoms with Gasteiger partial charge in [0.1, 0.15) is 0 Å². The molecule has 0 amide bonds. The Labute approximate surface area is 99.3 Å². The molecule has 0 saturated carbocycles. The van der Waals surface area contributed by atoms with Crippen molar-refractivity contribution in [3.63, 3.8) is 0 Å². The van der Waals surface area contributed by atoms with Crippen LogP contribution in [0.15, 0.2) is 18.2 Å². The van der Waals surface area contributed by atoms with Gasteiger partial charge in [-0.2, -0.15) is 0 Å². The summed E-state index contributed by atoms with van der Waals surface area (Å²) in [5.41, 5.74) is 3.96. The maximum Gasteiger partial charge on any atom is 0.0430 e. The van der Waals surface area contributed by atoms with Gasteiger partial charge in [-0.15, -0.1) is 12.3 Å². The summed E-state index contributed by atoms with van der Waals surface area (Å²) < 4.78 is 0. The normalized spacial score (nSPS) is 12.1. The van der Waals surface area contributed by atoms with E-state index < -0.39 is 0 Å². The van der Waals surface area contributed by atoms with Crippen molar-refractivity contribution in [1.82, 2.24) is 5.32 Å². The first-order chi connectivity index (χ1) is 7.69. The van der Waals surface area contributed by atoms with Crippen molar-refractivity contribution < 1.29 is 0 Å². The maximum absolute atomic E-state index is 5.42. The fourth-order valence-corrected chi connectivity index (χ4v) is 1.73. The molecule has 1 N–H and O–H groups in total. The molecular weight excluding hydrogens is 194 g/mol. The van der Waals surface area contributed by atoms with E-state index in [0.717, 1.165) is 19.4 Å². The highest BCUT2D eigenvalue weighted by molar-refractivity contribution is 5.32. The Balaban J connectivity index is 2.84. The molecule has 1 unspecified atom stereocenters. The van der Waals surface area contributed by atoms with E-state index in [1.807, 2.05) is 0 Å². The third-order valence-electron chi connectivity index (χ3n) is 2.90. The monoisotopic (exact) mass is 215 g/mol. The van der Waals surface area contributed by atoms with Gasteiger partial charge in [-0.05, 0) is 43.5 Å². The van der Waals surface area contributed by atoms with Gasteiger partial charge in [0.05, 0.1) is 0 Å². The van der Waals surface area contributed by atoms with Crippen LogP contribution < -0.4 is 5.32 Å². The van der Waals surface area contributed by atoms with Crippen molar-refractivity contribution >= 4 is 0 Å². The van der Waals surface area contributed by atoms with Gasteiger partial charge in [0, 0.05) is 12.5 Å². The van der Waals surface area contributed by atoms with Crippen molar-refractivity contribution in [1.29, 1.82) is 0 Å². The van der Waals surface area contributed by atoms with Crippen LogP contribution in [-0.4, -0.2) is 6.54 Å². The Bertz CT molecular complexity index is 374. The lowest BCUT2D eigenvalue weighted by molar-refractivity contribution is 0.542. The Morgan fingerprint density at radius 1 is 1.31 bits per heavy atom. The summed E-state index contributed by atoms with van der Waals surface area (Å²) in [4.78, 5) is 0. The molecule has 1 nitrogen and oxygen atoms in total. The first-order valence-corrected chi connectivity index (χ1v) is 5.93. The van der Waals surface area contributed by atoms with Gasteiger partial charge >= 0.3 is 0 Å². The second-order valence-electron chi connectivity index (χ2n) is 4.26. The van der Waals surface area contributed by atoms with Crippen LogP contribution in [-0.2, 0) is 0 Å². The molecule has 0 aromatic heterocycles. The number of terminal acetylenes is 1.